The van der Waals surface area contributed by atoms with Crippen molar-refractivity contribution in [1.82, 2.24) is 9.38 Å². The Balaban J connectivity index is 2.09. The average molecular weight is 324 g/mol. The van der Waals surface area contributed by atoms with Crippen LogP contribution in [0.5, 0.6) is 0 Å². The van der Waals surface area contributed by atoms with Gasteiger partial charge in [-0.3, -0.25) is 4.40 Å². The SMILES string of the molecule is Cc1ccn2c(N=Nc3cccc(C(=O)O)c3)c(C(=O)O)nc2c1. The van der Waals surface area contributed by atoms with Gasteiger partial charge in [-0.2, -0.15) is 0 Å². The van der Waals surface area contributed by atoms with Gasteiger partial charge < -0.3 is 10.2 Å². The highest BCUT2D eigenvalue weighted by Crippen LogP contribution is 2.25. The molecule has 0 unspecified atom stereocenters. The summed E-state index contributed by atoms with van der Waals surface area (Å²) in [5, 5.41) is 26.2. The predicted octanol–water partition coefficient (Wildman–Crippen LogP) is 3.45. The van der Waals surface area contributed by atoms with Crippen LogP contribution in [0.25, 0.3) is 5.65 Å². The molecule has 0 amide bonds. The molecule has 0 atom stereocenters. The Morgan fingerprint density at radius 3 is 2.58 bits per heavy atom. The summed E-state index contributed by atoms with van der Waals surface area (Å²) in [5.41, 5.74) is 1.52. The molecule has 8 heteroatoms. The number of aromatic nitrogens is 2. The maximum absolute atomic E-state index is 11.4. The molecule has 0 aliphatic heterocycles. The molecular weight excluding hydrogens is 312 g/mol. The van der Waals surface area contributed by atoms with Crippen molar-refractivity contribution in [1.29, 1.82) is 0 Å². The Labute approximate surface area is 135 Å². The van der Waals surface area contributed by atoms with Crippen molar-refractivity contribution < 1.29 is 19.8 Å². The average Bonchev–Trinajstić information content (AvgIpc) is 2.91. The number of azo groups is 1. The molecule has 0 bridgehead atoms. The molecule has 3 aromatic rings. The van der Waals surface area contributed by atoms with Crippen LogP contribution < -0.4 is 0 Å². The first kappa shape index (κ1) is 15.3. The molecule has 0 aliphatic rings. The van der Waals surface area contributed by atoms with Gasteiger partial charge in [-0.15, -0.1) is 10.2 Å². The van der Waals surface area contributed by atoms with Crippen LogP contribution in [-0.4, -0.2) is 31.5 Å². The lowest BCUT2D eigenvalue weighted by Crippen LogP contribution is -1.96. The summed E-state index contributed by atoms with van der Waals surface area (Å²) in [6.45, 7) is 1.87. The number of carboxylic acid groups (broad SMARTS) is 2. The molecule has 3 rings (SSSR count). The second kappa shape index (κ2) is 5.92. The van der Waals surface area contributed by atoms with E-state index >= 15 is 0 Å². The lowest BCUT2D eigenvalue weighted by molar-refractivity contribution is 0.0683. The van der Waals surface area contributed by atoms with Crippen molar-refractivity contribution in [3.8, 4) is 0 Å². The zero-order valence-corrected chi connectivity index (χ0v) is 12.5. The Bertz CT molecular complexity index is 991. The van der Waals surface area contributed by atoms with Gasteiger partial charge in [0.2, 0.25) is 0 Å². The normalized spacial score (nSPS) is 11.2. The van der Waals surface area contributed by atoms with E-state index in [1.54, 1.807) is 24.4 Å². The number of pyridine rings is 1. The van der Waals surface area contributed by atoms with E-state index in [-0.39, 0.29) is 17.1 Å². The first-order valence-electron chi connectivity index (χ1n) is 6.93. The monoisotopic (exact) mass is 324 g/mol. The predicted molar refractivity (Wildman–Crippen MR) is 84.5 cm³/mol. The van der Waals surface area contributed by atoms with Crippen molar-refractivity contribution in [2.45, 2.75) is 6.92 Å². The molecule has 0 saturated heterocycles. The van der Waals surface area contributed by atoms with Crippen LogP contribution in [0, 0.1) is 6.92 Å². The summed E-state index contributed by atoms with van der Waals surface area (Å²) in [4.78, 5) is 26.4. The third kappa shape index (κ3) is 2.84. The van der Waals surface area contributed by atoms with Crippen LogP contribution in [0.15, 0.2) is 52.8 Å². The van der Waals surface area contributed by atoms with Gasteiger partial charge in [-0.25, -0.2) is 14.6 Å². The quantitative estimate of drug-likeness (QED) is 0.713. The van der Waals surface area contributed by atoms with E-state index in [1.165, 1.54) is 22.6 Å². The molecule has 0 radical (unpaired) electrons. The third-order valence-corrected chi connectivity index (χ3v) is 3.31. The van der Waals surface area contributed by atoms with Crippen molar-refractivity contribution in [2.75, 3.05) is 0 Å². The van der Waals surface area contributed by atoms with E-state index in [9.17, 15) is 14.7 Å². The molecule has 0 aliphatic carbocycles. The van der Waals surface area contributed by atoms with E-state index in [0.29, 0.717) is 11.3 Å². The lowest BCUT2D eigenvalue weighted by Gasteiger charge is -1.98. The number of hydrogen-bond donors (Lipinski definition) is 2. The van der Waals surface area contributed by atoms with E-state index in [0.717, 1.165) is 5.56 Å². The minimum Gasteiger partial charge on any atom is -0.478 e. The zero-order chi connectivity index (χ0) is 17.3. The first-order valence-corrected chi connectivity index (χ1v) is 6.93. The smallest absolute Gasteiger partial charge is 0.358 e. The summed E-state index contributed by atoms with van der Waals surface area (Å²) in [7, 11) is 0. The maximum atomic E-state index is 11.4. The van der Waals surface area contributed by atoms with E-state index in [4.69, 9.17) is 5.11 Å². The Hall–Kier alpha value is -3.55. The fourth-order valence-electron chi connectivity index (χ4n) is 2.18. The van der Waals surface area contributed by atoms with Crippen LogP contribution in [0.1, 0.15) is 26.4 Å². The third-order valence-electron chi connectivity index (χ3n) is 3.31. The van der Waals surface area contributed by atoms with Crippen molar-refractivity contribution in [3.63, 3.8) is 0 Å². The van der Waals surface area contributed by atoms with Crippen LogP contribution in [0.3, 0.4) is 0 Å². The Morgan fingerprint density at radius 2 is 1.88 bits per heavy atom. The number of aromatic carboxylic acids is 2. The highest BCUT2D eigenvalue weighted by Gasteiger charge is 2.18. The molecule has 0 fully saturated rings. The topological polar surface area (TPSA) is 117 Å². The second-order valence-electron chi connectivity index (χ2n) is 5.08. The van der Waals surface area contributed by atoms with Gasteiger partial charge in [0.1, 0.15) is 5.65 Å². The van der Waals surface area contributed by atoms with Gasteiger partial charge >= 0.3 is 11.9 Å². The molecular formula is C16H12N4O4. The first-order chi connectivity index (χ1) is 11.5. The highest BCUT2D eigenvalue weighted by atomic mass is 16.4. The molecule has 2 N–H and O–H groups in total. The summed E-state index contributed by atoms with van der Waals surface area (Å²) in [5.74, 6) is -2.23. The molecule has 1 aromatic carbocycles. The zero-order valence-electron chi connectivity index (χ0n) is 12.5. The maximum Gasteiger partial charge on any atom is 0.358 e. The van der Waals surface area contributed by atoms with E-state index in [2.05, 4.69) is 15.2 Å². The number of aryl methyl sites for hydroxylation is 1. The molecule has 24 heavy (non-hydrogen) atoms. The fraction of sp³-hybridized carbons (Fsp3) is 0.0625. The van der Waals surface area contributed by atoms with E-state index < -0.39 is 11.9 Å². The van der Waals surface area contributed by atoms with Crippen LogP contribution >= 0.6 is 0 Å². The number of rotatable bonds is 4. The van der Waals surface area contributed by atoms with Gasteiger partial charge in [0.15, 0.2) is 11.5 Å². The lowest BCUT2D eigenvalue weighted by atomic mass is 10.2. The summed E-state index contributed by atoms with van der Waals surface area (Å²) in [6, 6.07) is 9.42. The van der Waals surface area contributed by atoms with Gasteiger partial charge in [0.05, 0.1) is 11.3 Å². The standard InChI is InChI=1S/C16H12N4O4/c1-9-5-6-20-12(7-9)17-13(16(23)24)14(20)19-18-11-4-2-3-10(8-11)15(21)22/h2-8H,1H3,(H,21,22)(H,23,24). The van der Waals surface area contributed by atoms with Gasteiger partial charge in [0.25, 0.3) is 0 Å². The number of fused-ring (bicyclic) bond motifs is 1. The molecule has 0 saturated carbocycles. The second-order valence-corrected chi connectivity index (χ2v) is 5.08. The highest BCUT2D eigenvalue weighted by molar-refractivity contribution is 5.92. The van der Waals surface area contributed by atoms with E-state index in [1.807, 2.05) is 6.92 Å². The van der Waals surface area contributed by atoms with Crippen molar-refractivity contribution in [3.05, 3.63) is 59.4 Å². The number of hydrogen-bond acceptors (Lipinski definition) is 5. The molecule has 120 valence electrons. The molecule has 8 nitrogen and oxygen atoms in total. The fourth-order valence-corrected chi connectivity index (χ4v) is 2.18. The Morgan fingerprint density at radius 1 is 1.08 bits per heavy atom. The molecule has 0 spiro atoms. The Kier molecular flexibility index (Phi) is 3.78. The number of imidazole rings is 1. The summed E-state index contributed by atoms with van der Waals surface area (Å²) in [6.07, 6.45) is 1.66. The largest absolute Gasteiger partial charge is 0.478 e. The van der Waals surface area contributed by atoms with Crippen LogP contribution in [0.4, 0.5) is 11.5 Å². The minimum absolute atomic E-state index is 0.0678. The summed E-state index contributed by atoms with van der Waals surface area (Å²) < 4.78 is 1.51. The molecule has 2 aromatic heterocycles. The number of carboxylic acids is 2. The van der Waals surface area contributed by atoms with Crippen molar-refractivity contribution >= 4 is 29.1 Å². The summed E-state index contributed by atoms with van der Waals surface area (Å²) >= 11 is 0. The number of benzene rings is 1. The van der Waals surface area contributed by atoms with Crippen LogP contribution in [0.2, 0.25) is 0 Å². The number of carbonyl (C=O) groups is 2. The van der Waals surface area contributed by atoms with Crippen molar-refractivity contribution in [2.24, 2.45) is 10.2 Å². The minimum atomic E-state index is -1.22. The van der Waals surface area contributed by atoms with Gasteiger partial charge in [0, 0.05) is 6.20 Å². The number of nitrogens with zero attached hydrogens (tertiary/aromatic N) is 4. The van der Waals surface area contributed by atoms with Gasteiger partial charge in [-0.05, 0) is 42.8 Å². The molecule has 2 heterocycles. The van der Waals surface area contributed by atoms with Gasteiger partial charge in [-0.1, -0.05) is 6.07 Å². The van der Waals surface area contributed by atoms with Crippen LogP contribution in [-0.2, 0) is 0 Å².